The van der Waals surface area contributed by atoms with Gasteiger partial charge in [0, 0.05) is 25.6 Å². The molecular formula is C15H21N3OS. The smallest absolute Gasteiger partial charge is 0.249 e. The van der Waals surface area contributed by atoms with E-state index in [2.05, 4.69) is 13.6 Å². The molecule has 2 aliphatic carbocycles. The Hall–Kier alpha value is -0.680. The van der Waals surface area contributed by atoms with E-state index in [1.807, 2.05) is 0 Å². The van der Waals surface area contributed by atoms with E-state index in [1.165, 1.54) is 62.7 Å². The van der Waals surface area contributed by atoms with Gasteiger partial charge in [0.05, 0.1) is 18.3 Å². The summed E-state index contributed by atoms with van der Waals surface area (Å²) in [5.41, 5.74) is 1.20. The van der Waals surface area contributed by atoms with Crippen LogP contribution in [0.1, 0.15) is 37.3 Å². The Bertz CT molecular complexity index is 485. The maximum atomic E-state index is 5.98. The van der Waals surface area contributed by atoms with Crippen molar-refractivity contribution in [2.24, 2.45) is 23.7 Å². The molecule has 108 valence electrons. The molecule has 20 heavy (non-hydrogen) atoms. The summed E-state index contributed by atoms with van der Waals surface area (Å²) in [6.45, 7) is 4.75. The zero-order valence-corrected chi connectivity index (χ0v) is 12.5. The Morgan fingerprint density at radius 2 is 1.90 bits per heavy atom. The molecule has 2 atom stereocenters. The van der Waals surface area contributed by atoms with E-state index in [9.17, 15) is 0 Å². The van der Waals surface area contributed by atoms with Crippen molar-refractivity contribution in [3.8, 4) is 5.88 Å². The fourth-order valence-corrected chi connectivity index (χ4v) is 5.38. The van der Waals surface area contributed by atoms with E-state index in [4.69, 9.17) is 4.74 Å². The molecule has 0 N–H and O–H groups in total. The highest BCUT2D eigenvalue weighted by Crippen LogP contribution is 2.52. The summed E-state index contributed by atoms with van der Waals surface area (Å²) >= 11 is 1.34. The van der Waals surface area contributed by atoms with Crippen LogP contribution >= 0.6 is 11.7 Å². The molecule has 6 rings (SSSR count). The highest BCUT2D eigenvalue weighted by Gasteiger charge is 2.49. The quantitative estimate of drug-likeness (QED) is 0.854. The van der Waals surface area contributed by atoms with Gasteiger partial charge in [-0.05, 0) is 49.4 Å². The predicted octanol–water partition coefficient (Wildman–Crippen LogP) is 2.38. The van der Waals surface area contributed by atoms with E-state index in [-0.39, 0.29) is 0 Å². The van der Waals surface area contributed by atoms with E-state index in [1.54, 1.807) is 0 Å². The van der Waals surface area contributed by atoms with Crippen LogP contribution in [0.4, 0.5) is 0 Å². The number of hydrogen-bond donors (Lipinski definition) is 0. The first-order valence-electron chi connectivity index (χ1n) is 8.04. The van der Waals surface area contributed by atoms with Crippen LogP contribution in [0.5, 0.6) is 5.88 Å². The largest absolute Gasteiger partial charge is 0.475 e. The van der Waals surface area contributed by atoms with Crippen LogP contribution in [-0.4, -0.2) is 39.9 Å². The Morgan fingerprint density at radius 1 is 1.10 bits per heavy atom. The second-order valence-corrected chi connectivity index (χ2v) is 7.84. The summed E-state index contributed by atoms with van der Waals surface area (Å²) in [6, 6.07) is 0. The van der Waals surface area contributed by atoms with Crippen molar-refractivity contribution in [2.45, 2.75) is 31.6 Å². The second-order valence-electron chi connectivity index (χ2n) is 7.31. The standard InChI is InChI=1S/C15H21N3OS/c1-2-9(1)8-19-15-14(16-20-17-15)13-11-3-10-4-12(13)7-18(5-10)6-11/h9-13H,1-8H2. The lowest BCUT2D eigenvalue weighted by molar-refractivity contribution is -0.0373. The summed E-state index contributed by atoms with van der Waals surface area (Å²) in [6.07, 6.45) is 5.46. The van der Waals surface area contributed by atoms with Gasteiger partial charge in [0.2, 0.25) is 5.88 Å². The summed E-state index contributed by atoms with van der Waals surface area (Å²) in [7, 11) is 0. The van der Waals surface area contributed by atoms with Gasteiger partial charge in [0.15, 0.2) is 0 Å². The van der Waals surface area contributed by atoms with Gasteiger partial charge in [0.25, 0.3) is 0 Å². The van der Waals surface area contributed by atoms with Crippen LogP contribution < -0.4 is 4.74 Å². The molecule has 0 amide bonds. The molecule has 5 aliphatic rings. The van der Waals surface area contributed by atoms with Gasteiger partial charge >= 0.3 is 0 Å². The Morgan fingerprint density at radius 3 is 2.60 bits per heavy atom. The van der Waals surface area contributed by atoms with Crippen molar-refractivity contribution >= 4 is 11.7 Å². The van der Waals surface area contributed by atoms with E-state index >= 15 is 0 Å². The van der Waals surface area contributed by atoms with Crippen LogP contribution in [0.2, 0.25) is 0 Å². The van der Waals surface area contributed by atoms with Crippen molar-refractivity contribution in [3.05, 3.63) is 5.69 Å². The average molecular weight is 291 g/mol. The molecule has 5 heteroatoms. The zero-order valence-electron chi connectivity index (χ0n) is 11.7. The van der Waals surface area contributed by atoms with E-state index in [0.717, 1.165) is 36.2 Å². The van der Waals surface area contributed by atoms with Crippen molar-refractivity contribution in [1.29, 1.82) is 0 Å². The van der Waals surface area contributed by atoms with Crippen molar-refractivity contribution < 1.29 is 4.74 Å². The Labute approximate surface area is 123 Å². The third kappa shape index (κ3) is 1.90. The Kier molecular flexibility index (Phi) is 2.63. The minimum absolute atomic E-state index is 0.621. The first kappa shape index (κ1) is 11.9. The number of hydrogen-bond acceptors (Lipinski definition) is 5. The Balaban J connectivity index is 1.40. The highest BCUT2D eigenvalue weighted by atomic mass is 32.1. The van der Waals surface area contributed by atoms with Gasteiger partial charge in [-0.25, -0.2) is 0 Å². The van der Waals surface area contributed by atoms with Gasteiger partial charge in [-0.1, -0.05) is 0 Å². The number of nitrogens with zero attached hydrogens (tertiary/aromatic N) is 3. The molecule has 2 unspecified atom stereocenters. The lowest BCUT2D eigenvalue weighted by Gasteiger charge is -2.55. The lowest BCUT2D eigenvalue weighted by atomic mass is 9.61. The molecule has 4 bridgehead atoms. The van der Waals surface area contributed by atoms with E-state index in [0.29, 0.717) is 5.92 Å². The molecule has 0 aromatic carbocycles. The molecular weight excluding hydrogens is 270 g/mol. The minimum atomic E-state index is 0.621. The van der Waals surface area contributed by atoms with Crippen molar-refractivity contribution in [3.63, 3.8) is 0 Å². The van der Waals surface area contributed by atoms with Crippen molar-refractivity contribution in [1.82, 2.24) is 13.6 Å². The topological polar surface area (TPSA) is 38.3 Å². The summed E-state index contributed by atoms with van der Waals surface area (Å²) < 4.78 is 15.1. The number of piperidine rings is 3. The molecule has 3 saturated heterocycles. The molecule has 3 aliphatic heterocycles. The predicted molar refractivity (Wildman–Crippen MR) is 77.0 cm³/mol. The first-order chi connectivity index (χ1) is 9.87. The molecule has 0 radical (unpaired) electrons. The van der Waals surface area contributed by atoms with Gasteiger partial charge in [-0.2, -0.15) is 4.37 Å². The minimum Gasteiger partial charge on any atom is -0.475 e. The summed E-state index contributed by atoms with van der Waals surface area (Å²) in [5.74, 6) is 4.83. The zero-order chi connectivity index (χ0) is 13.1. The van der Waals surface area contributed by atoms with Crippen LogP contribution in [0.15, 0.2) is 0 Å². The van der Waals surface area contributed by atoms with Crippen LogP contribution in [0.3, 0.4) is 0 Å². The third-order valence-electron chi connectivity index (χ3n) is 5.74. The average Bonchev–Trinajstić information content (AvgIpc) is 3.14. The lowest BCUT2D eigenvalue weighted by Crippen LogP contribution is -2.56. The molecule has 4 nitrogen and oxygen atoms in total. The van der Waals surface area contributed by atoms with Crippen LogP contribution in [0, 0.1) is 23.7 Å². The molecule has 0 spiro atoms. The number of aromatic nitrogens is 2. The van der Waals surface area contributed by atoms with Crippen LogP contribution in [-0.2, 0) is 0 Å². The fourth-order valence-electron chi connectivity index (χ4n) is 4.83. The van der Waals surface area contributed by atoms with E-state index < -0.39 is 0 Å². The van der Waals surface area contributed by atoms with Crippen LogP contribution in [0.25, 0.3) is 0 Å². The highest BCUT2D eigenvalue weighted by molar-refractivity contribution is 6.99. The maximum Gasteiger partial charge on any atom is 0.249 e. The van der Waals surface area contributed by atoms with Gasteiger partial charge in [-0.3, -0.25) is 0 Å². The van der Waals surface area contributed by atoms with Gasteiger partial charge < -0.3 is 9.64 Å². The molecule has 1 aromatic rings. The monoisotopic (exact) mass is 291 g/mol. The van der Waals surface area contributed by atoms with Gasteiger partial charge in [-0.15, -0.1) is 4.37 Å². The third-order valence-corrected chi connectivity index (χ3v) is 6.27. The molecule has 5 fully saturated rings. The number of ether oxygens (including phenoxy) is 1. The molecule has 2 saturated carbocycles. The maximum absolute atomic E-state index is 5.98. The van der Waals surface area contributed by atoms with Crippen molar-refractivity contribution in [2.75, 3.05) is 26.2 Å². The van der Waals surface area contributed by atoms with Gasteiger partial charge in [0.1, 0.15) is 5.69 Å². The molecule has 1 aromatic heterocycles. The first-order valence-corrected chi connectivity index (χ1v) is 8.77. The fraction of sp³-hybridized carbons (Fsp3) is 0.867. The number of rotatable bonds is 4. The normalized spacial score (nSPS) is 42.1. The second kappa shape index (κ2) is 4.41. The summed E-state index contributed by atoms with van der Waals surface area (Å²) in [5, 5.41) is 0. The molecule has 4 heterocycles. The summed E-state index contributed by atoms with van der Waals surface area (Å²) in [4.78, 5) is 2.67. The SMILES string of the molecule is C1CC1COc1nsnc1C1C2CC3CC1CN(C3)C2.